The lowest BCUT2D eigenvalue weighted by atomic mass is 10.1. The van der Waals surface area contributed by atoms with E-state index in [-0.39, 0.29) is 18.5 Å². The van der Waals surface area contributed by atoms with E-state index in [1.54, 1.807) is 29.2 Å². The van der Waals surface area contributed by atoms with Crippen LogP contribution in [-0.4, -0.2) is 46.8 Å². The van der Waals surface area contributed by atoms with Gasteiger partial charge in [-0.25, -0.2) is 0 Å². The topological polar surface area (TPSA) is 86.9 Å². The third kappa shape index (κ3) is 5.99. The molecular weight excluding hydrogens is 458 g/mol. The summed E-state index contributed by atoms with van der Waals surface area (Å²) in [5.41, 5.74) is 1.19. The van der Waals surface area contributed by atoms with Gasteiger partial charge in [-0.1, -0.05) is 16.8 Å². The zero-order valence-electron chi connectivity index (χ0n) is 20.1. The lowest BCUT2D eigenvalue weighted by molar-refractivity contribution is 0.0666. The molecule has 3 rings (SSSR count). The van der Waals surface area contributed by atoms with Crippen LogP contribution in [0.1, 0.15) is 50.9 Å². The van der Waals surface area contributed by atoms with E-state index in [4.69, 9.17) is 30.3 Å². The van der Waals surface area contributed by atoms with Crippen molar-refractivity contribution in [2.24, 2.45) is 0 Å². The molecule has 2 aromatic carbocycles. The zero-order valence-corrected chi connectivity index (χ0v) is 20.9. The van der Waals surface area contributed by atoms with Gasteiger partial charge in [-0.05, 0) is 71.0 Å². The lowest BCUT2D eigenvalue weighted by Gasteiger charge is -2.26. The molecule has 0 aliphatic heterocycles. The molecule has 182 valence electrons. The summed E-state index contributed by atoms with van der Waals surface area (Å²) in [6, 6.07) is 10.4. The van der Waals surface area contributed by atoms with Crippen LogP contribution in [0.15, 0.2) is 40.9 Å². The van der Waals surface area contributed by atoms with Crippen LogP contribution in [0.4, 0.5) is 0 Å². The van der Waals surface area contributed by atoms with Gasteiger partial charge in [0.15, 0.2) is 11.5 Å². The van der Waals surface area contributed by atoms with Crippen LogP contribution in [0.2, 0.25) is 5.02 Å². The number of halogens is 1. The molecule has 0 bridgehead atoms. The quantitative estimate of drug-likeness (QED) is 0.346. The summed E-state index contributed by atoms with van der Waals surface area (Å²) in [7, 11) is 0. The second kappa shape index (κ2) is 11.7. The number of carbonyl (C=O) groups excluding carboxylic acids is 1. The highest BCUT2D eigenvalue weighted by Gasteiger charge is 2.25. The van der Waals surface area contributed by atoms with Gasteiger partial charge >= 0.3 is 0 Å². The SMILES string of the molecule is CCOc1cc(C(=O)N(Cc2nc(-c3ccc(Cl)cc3)no2)C(C)C)cc(OCC)c1OCC. The van der Waals surface area contributed by atoms with Gasteiger partial charge in [0.1, 0.15) is 6.54 Å². The van der Waals surface area contributed by atoms with Crippen LogP contribution < -0.4 is 14.2 Å². The lowest BCUT2D eigenvalue weighted by Crippen LogP contribution is -2.36. The van der Waals surface area contributed by atoms with E-state index in [0.29, 0.717) is 59.4 Å². The molecule has 0 atom stereocenters. The molecule has 0 N–H and O–H groups in total. The Bertz CT molecular complexity index is 1070. The molecule has 0 spiro atoms. The first-order valence-electron chi connectivity index (χ1n) is 11.3. The normalized spacial score (nSPS) is 10.9. The number of carbonyl (C=O) groups is 1. The Hall–Kier alpha value is -3.26. The van der Waals surface area contributed by atoms with Gasteiger partial charge in [-0.3, -0.25) is 4.79 Å². The van der Waals surface area contributed by atoms with Crippen LogP contribution in [0.5, 0.6) is 17.2 Å². The first kappa shape index (κ1) is 25.4. The van der Waals surface area contributed by atoms with E-state index in [2.05, 4.69) is 10.1 Å². The van der Waals surface area contributed by atoms with Crippen LogP contribution in [0.25, 0.3) is 11.4 Å². The van der Waals surface area contributed by atoms with E-state index in [1.807, 2.05) is 46.8 Å². The summed E-state index contributed by atoms with van der Waals surface area (Å²) in [5.74, 6) is 1.96. The molecule has 8 nitrogen and oxygen atoms in total. The smallest absolute Gasteiger partial charge is 0.254 e. The largest absolute Gasteiger partial charge is 0.490 e. The molecule has 1 heterocycles. The Kier molecular flexibility index (Phi) is 8.76. The zero-order chi connectivity index (χ0) is 24.7. The third-order valence-corrected chi connectivity index (χ3v) is 5.17. The number of nitrogens with zero attached hydrogens (tertiary/aromatic N) is 3. The highest BCUT2D eigenvalue weighted by atomic mass is 35.5. The number of rotatable bonds is 11. The fraction of sp³-hybridized carbons (Fsp3) is 0.400. The van der Waals surface area contributed by atoms with Crippen molar-refractivity contribution in [2.45, 2.75) is 47.2 Å². The molecule has 0 aliphatic rings. The maximum absolute atomic E-state index is 13.6. The highest BCUT2D eigenvalue weighted by Crippen LogP contribution is 2.39. The summed E-state index contributed by atoms with van der Waals surface area (Å²) in [5, 5.41) is 4.67. The van der Waals surface area contributed by atoms with Gasteiger partial charge in [0, 0.05) is 22.2 Å². The predicted molar refractivity (Wildman–Crippen MR) is 130 cm³/mol. The highest BCUT2D eigenvalue weighted by molar-refractivity contribution is 6.30. The summed E-state index contributed by atoms with van der Waals surface area (Å²) < 4.78 is 22.7. The predicted octanol–water partition coefficient (Wildman–Crippen LogP) is 5.64. The number of aromatic nitrogens is 2. The van der Waals surface area contributed by atoms with Gasteiger partial charge in [-0.2, -0.15) is 4.98 Å². The van der Waals surface area contributed by atoms with Crippen molar-refractivity contribution >= 4 is 17.5 Å². The first-order valence-corrected chi connectivity index (χ1v) is 11.7. The Morgan fingerprint density at radius 3 is 2.12 bits per heavy atom. The summed E-state index contributed by atoms with van der Waals surface area (Å²) in [6.07, 6.45) is 0. The van der Waals surface area contributed by atoms with E-state index in [0.717, 1.165) is 5.56 Å². The number of hydrogen-bond acceptors (Lipinski definition) is 7. The van der Waals surface area contributed by atoms with Crippen molar-refractivity contribution in [3.8, 4) is 28.6 Å². The van der Waals surface area contributed by atoms with Crippen molar-refractivity contribution in [3.63, 3.8) is 0 Å². The minimum absolute atomic E-state index is 0.129. The van der Waals surface area contributed by atoms with Crippen molar-refractivity contribution in [2.75, 3.05) is 19.8 Å². The van der Waals surface area contributed by atoms with Gasteiger partial charge in [0.25, 0.3) is 5.91 Å². The van der Waals surface area contributed by atoms with Gasteiger partial charge < -0.3 is 23.6 Å². The van der Waals surface area contributed by atoms with Crippen LogP contribution >= 0.6 is 11.6 Å². The first-order chi connectivity index (χ1) is 16.4. The summed E-state index contributed by atoms with van der Waals surface area (Å²) in [6.45, 7) is 10.9. The van der Waals surface area contributed by atoms with E-state index < -0.39 is 0 Å². The fourth-order valence-electron chi connectivity index (χ4n) is 3.35. The van der Waals surface area contributed by atoms with Crippen molar-refractivity contribution in [3.05, 3.63) is 52.9 Å². The number of hydrogen-bond donors (Lipinski definition) is 0. The second-order valence-corrected chi connectivity index (χ2v) is 8.08. The average molecular weight is 488 g/mol. The minimum Gasteiger partial charge on any atom is -0.490 e. The van der Waals surface area contributed by atoms with Crippen LogP contribution in [-0.2, 0) is 6.54 Å². The van der Waals surface area contributed by atoms with Crippen LogP contribution in [0.3, 0.4) is 0 Å². The fourth-order valence-corrected chi connectivity index (χ4v) is 3.47. The summed E-state index contributed by atoms with van der Waals surface area (Å²) in [4.78, 5) is 19.7. The standard InChI is InChI=1S/C25H30ClN3O5/c1-6-31-20-13-18(14-21(32-7-2)23(20)33-8-3)25(30)29(16(4)5)15-22-27-24(28-34-22)17-9-11-19(26)12-10-17/h9-14,16H,6-8,15H2,1-5H3. The molecular formula is C25H30ClN3O5. The molecule has 0 radical (unpaired) electrons. The number of amides is 1. The van der Waals surface area contributed by atoms with Crippen molar-refractivity contribution in [1.82, 2.24) is 15.0 Å². The summed E-state index contributed by atoms with van der Waals surface area (Å²) >= 11 is 5.96. The molecule has 0 aliphatic carbocycles. The Morgan fingerprint density at radius 2 is 1.59 bits per heavy atom. The van der Waals surface area contributed by atoms with Gasteiger partial charge in [-0.15, -0.1) is 0 Å². The maximum Gasteiger partial charge on any atom is 0.254 e. The molecule has 3 aromatic rings. The van der Waals surface area contributed by atoms with Gasteiger partial charge in [0.2, 0.25) is 17.5 Å². The molecule has 0 unspecified atom stereocenters. The van der Waals surface area contributed by atoms with Crippen molar-refractivity contribution in [1.29, 1.82) is 0 Å². The Balaban J connectivity index is 1.90. The molecule has 0 saturated carbocycles. The second-order valence-electron chi connectivity index (χ2n) is 7.65. The Morgan fingerprint density at radius 1 is 1.00 bits per heavy atom. The van der Waals surface area contributed by atoms with Crippen molar-refractivity contribution < 1.29 is 23.5 Å². The average Bonchev–Trinajstić information content (AvgIpc) is 3.28. The third-order valence-electron chi connectivity index (χ3n) is 4.92. The van der Waals surface area contributed by atoms with Crippen LogP contribution in [0, 0.1) is 0 Å². The molecule has 0 saturated heterocycles. The molecule has 0 fully saturated rings. The molecule has 1 amide bonds. The van der Waals surface area contributed by atoms with Gasteiger partial charge in [0.05, 0.1) is 19.8 Å². The number of benzene rings is 2. The van der Waals surface area contributed by atoms with E-state index in [1.165, 1.54) is 0 Å². The molecule has 1 aromatic heterocycles. The van der Waals surface area contributed by atoms with E-state index in [9.17, 15) is 4.79 Å². The molecule has 9 heteroatoms. The minimum atomic E-state index is -0.216. The maximum atomic E-state index is 13.6. The molecule has 34 heavy (non-hydrogen) atoms. The Labute approximate surface area is 204 Å². The van der Waals surface area contributed by atoms with E-state index >= 15 is 0 Å². The number of ether oxygens (including phenoxy) is 3. The monoisotopic (exact) mass is 487 g/mol.